The molecule has 1 amide bonds. The second kappa shape index (κ2) is 6.54. The molecule has 2 bridgehead atoms. The molecule has 3 N–H and O–H groups in total. The molecule has 0 unspecified atom stereocenters. The van der Waals surface area contributed by atoms with Crippen molar-refractivity contribution in [2.75, 3.05) is 18.5 Å². The van der Waals surface area contributed by atoms with E-state index < -0.39 is 36.3 Å². The summed E-state index contributed by atoms with van der Waals surface area (Å²) in [6.07, 6.45) is -1.24. The molecule has 9 nitrogen and oxygen atoms in total. The van der Waals surface area contributed by atoms with Gasteiger partial charge >= 0.3 is 5.69 Å². The number of aromatic nitrogens is 2. The first-order valence-corrected chi connectivity index (χ1v) is 8.50. The number of nitrogens with zero attached hydrogens (tertiary/aromatic N) is 2. The third-order valence-corrected chi connectivity index (χ3v) is 4.95. The Morgan fingerprint density at radius 1 is 1.41 bits per heavy atom. The summed E-state index contributed by atoms with van der Waals surface area (Å²) < 4.78 is 12.4. The molecule has 2 saturated heterocycles. The molecule has 4 rings (SSSR count). The van der Waals surface area contributed by atoms with Crippen LogP contribution in [0.1, 0.15) is 22.1 Å². The Bertz CT molecular complexity index is 930. The normalized spacial score (nSPS) is 29.1. The Balaban J connectivity index is 1.60. The van der Waals surface area contributed by atoms with E-state index in [1.54, 1.807) is 37.3 Å². The quantitative estimate of drug-likeness (QED) is 0.680. The van der Waals surface area contributed by atoms with Crippen molar-refractivity contribution in [2.24, 2.45) is 0 Å². The average Bonchev–Trinajstić information content (AvgIpc) is 3.15. The standard InChI is InChI=1S/C18H19N3O6/c1-10-7-21(16-12-13(23)18(8-22,27-16)9-26-12)17(25)20-14(10)19-15(24)11-5-3-2-4-6-11/h2-7,12-13,16,22-23H,8-9H2,1H3,(H,19,20,24,25)/t12-,13+,16+,18+/m1/s1. The first kappa shape index (κ1) is 17.8. The van der Waals surface area contributed by atoms with Gasteiger partial charge in [0.2, 0.25) is 0 Å². The minimum Gasteiger partial charge on any atom is -0.393 e. The van der Waals surface area contributed by atoms with Gasteiger partial charge in [0.1, 0.15) is 23.6 Å². The fourth-order valence-corrected chi connectivity index (χ4v) is 3.40. The van der Waals surface area contributed by atoms with Crippen LogP contribution in [0.3, 0.4) is 0 Å². The van der Waals surface area contributed by atoms with Crippen molar-refractivity contribution in [3.05, 3.63) is 58.1 Å². The number of aliphatic hydroxyl groups excluding tert-OH is 2. The zero-order valence-electron chi connectivity index (χ0n) is 14.5. The number of anilines is 1. The van der Waals surface area contributed by atoms with Crippen LogP contribution in [0.25, 0.3) is 0 Å². The summed E-state index contributed by atoms with van der Waals surface area (Å²) in [5.74, 6) is -0.232. The Hall–Kier alpha value is -2.59. The third-order valence-electron chi connectivity index (χ3n) is 4.95. The molecule has 0 saturated carbocycles. The van der Waals surface area contributed by atoms with E-state index in [0.29, 0.717) is 11.1 Å². The highest BCUT2D eigenvalue weighted by molar-refractivity contribution is 6.03. The van der Waals surface area contributed by atoms with Gasteiger partial charge in [0, 0.05) is 17.3 Å². The van der Waals surface area contributed by atoms with E-state index >= 15 is 0 Å². The summed E-state index contributed by atoms with van der Waals surface area (Å²) in [4.78, 5) is 28.7. The van der Waals surface area contributed by atoms with Gasteiger partial charge in [0.15, 0.2) is 6.23 Å². The SMILES string of the molecule is Cc1cn([C@H]2O[C@@]3(CO)CO[C@@H]2[C@@H]3O)c(=O)nc1NC(=O)c1ccccc1. The predicted octanol–water partition coefficient (Wildman–Crippen LogP) is -0.176. The Morgan fingerprint density at radius 3 is 2.81 bits per heavy atom. The molecule has 27 heavy (non-hydrogen) atoms. The van der Waals surface area contributed by atoms with E-state index in [2.05, 4.69) is 10.3 Å². The van der Waals surface area contributed by atoms with Crippen LogP contribution in [-0.2, 0) is 9.47 Å². The van der Waals surface area contributed by atoms with Crippen molar-refractivity contribution in [2.45, 2.75) is 31.0 Å². The maximum Gasteiger partial charge on any atom is 0.351 e. The molecule has 9 heteroatoms. The van der Waals surface area contributed by atoms with E-state index in [4.69, 9.17) is 9.47 Å². The van der Waals surface area contributed by atoms with Crippen molar-refractivity contribution in [1.29, 1.82) is 0 Å². The molecule has 0 spiro atoms. The molecule has 0 radical (unpaired) electrons. The number of aryl methyl sites for hydroxylation is 1. The molecular formula is C18H19N3O6. The van der Waals surface area contributed by atoms with Gasteiger partial charge in [0.05, 0.1) is 13.2 Å². The number of amides is 1. The summed E-state index contributed by atoms with van der Waals surface area (Å²) in [7, 11) is 0. The largest absolute Gasteiger partial charge is 0.393 e. The summed E-state index contributed by atoms with van der Waals surface area (Å²) in [6, 6.07) is 8.58. The second-order valence-corrected chi connectivity index (χ2v) is 6.73. The van der Waals surface area contributed by atoms with E-state index in [9.17, 15) is 19.8 Å². The third kappa shape index (κ3) is 2.85. The highest BCUT2D eigenvalue weighted by Gasteiger charge is 2.61. The van der Waals surface area contributed by atoms with E-state index in [1.165, 1.54) is 10.8 Å². The van der Waals surface area contributed by atoms with Crippen LogP contribution in [-0.4, -0.2) is 56.7 Å². The maximum atomic E-state index is 12.5. The highest BCUT2D eigenvalue weighted by atomic mass is 16.7. The number of benzene rings is 1. The Kier molecular flexibility index (Phi) is 4.31. The smallest absolute Gasteiger partial charge is 0.351 e. The minimum atomic E-state index is -1.23. The van der Waals surface area contributed by atoms with Crippen LogP contribution >= 0.6 is 0 Å². The van der Waals surface area contributed by atoms with Crippen LogP contribution in [0.5, 0.6) is 0 Å². The van der Waals surface area contributed by atoms with Crippen LogP contribution in [0.2, 0.25) is 0 Å². The lowest BCUT2D eigenvalue weighted by Gasteiger charge is -2.29. The van der Waals surface area contributed by atoms with Gasteiger partial charge < -0.3 is 25.0 Å². The van der Waals surface area contributed by atoms with Gasteiger partial charge in [-0.05, 0) is 19.1 Å². The Morgan fingerprint density at radius 2 is 2.15 bits per heavy atom. The fourth-order valence-electron chi connectivity index (χ4n) is 3.40. The molecule has 2 fully saturated rings. The van der Waals surface area contributed by atoms with Crippen molar-refractivity contribution < 1.29 is 24.5 Å². The van der Waals surface area contributed by atoms with E-state index in [0.717, 1.165) is 0 Å². The average molecular weight is 373 g/mol. The molecule has 4 atom stereocenters. The van der Waals surface area contributed by atoms with Gasteiger partial charge in [-0.15, -0.1) is 0 Å². The molecular weight excluding hydrogens is 354 g/mol. The number of nitrogens with one attached hydrogen (secondary N) is 1. The summed E-state index contributed by atoms with van der Waals surface area (Å²) in [6.45, 7) is 1.32. The van der Waals surface area contributed by atoms with Crippen molar-refractivity contribution >= 4 is 11.7 Å². The van der Waals surface area contributed by atoms with Crippen molar-refractivity contribution in [3.63, 3.8) is 0 Å². The monoisotopic (exact) mass is 373 g/mol. The van der Waals surface area contributed by atoms with Crippen molar-refractivity contribution in [3.8, 4) is 0 Å². The Labute approximate surface area is 154 Å². The number of rotatable bonds is 4. The van der Waals surface area contributed by atoms with Gasteiger partial charge in [-0.25, -0.2) is 4.79 Å². The van der Waals surface area contributed by atoms with Gasteiger partial charge in [0.25, 0.3) is 5.91 Å². The number of carbonyl (C=O) groups is 1. The molecule has 142 valence electrons. The number of fused-ring (bicyclic) bond motifs is 2. The van der Waals surface area contributed by atoms with E-state index in [1.807, 2.05) is 0 Å². The summed E-state index contributed by atoms with van der Waals surface area (Å²) in [5, 5.41) is 22.4. The lowest BCUT2D eigenvalue weighted by Crippen LogP contribution is -2.44. The molecule has 3 heterocycles. The highest BCUT2D eigenvalue weighted by Crippen LogP contribution is 2.44. The number of hydrogen-bond donors (Lipinski definition) is 3. The molecule has 1 aromatic heterocycles. The topological polar surface area (TPSA) is 123 Å². The molecule has 1 aromatic carbocycles. The minimum absolute atomic E-state index is 0.0538. The summed E-state index contributed by atoms with van der Waals surface area (Å²) >= 11 is 0. The number of ether oxygens (including phenoxy) is 2. The molecule has 2 aliphatic rings. The number of carbonyl (C=O) groups excluding carboxylic acids is 1. The first-order valence-electron chi connectivity index (χ1n) is 8.50. The zero-order chi connectivity index (χ0) is 19.2. The molecule has 0 aliphatic carbocycles. The first-order chi connectivity index (χ1) is 12.9. The van der Waals surface area contributed by atoms with Crippen LogP contribution in [0, 0.1) is 6.92 Å². The number of aliphatic hydroxyl groups is 2. The van der Waals surface area contributed by atoms with Crippen molar-refractivity contribution in [1.82, 2.24) is 9.55 Å². The lowest BCUT2D eigenvalue weighted by molar-refractivity contribution is -0.187. The summed E-state index contributed by atoms with van der Waals surface area (Å²) in [5.41, 5.74) is -0.910. The second-order valence-electron chi connectivity index (χ2n) is 6.73. The predicted molar refractivity (Wildman–Crippen MR) is 93.3 cm³/mol. The zero-order valence-corrected chi connectivity index (χ0v) is 14.5. The molecule has 2 aromatic rings. The van der Waals surface area contributed by atoms with E-state index in [-0.39, 0.29) is 18.3 Å². The van der Waals surface area contributed by atoms with Crippen LogP contribution < -0.4 is 11.0 Å². The van der Waals surface area contributed by atoms with Gasteiger partial charge in [-0.1, -0.05) is 18.2 Å². The maximum absolute atomic E-state index is 12.5. The van der Waals surface area contributed by atoms with Crippen LogP contribution in [0.4, 0.5) is 5.82 Å². The fraction of sp³-hybridized carbons (Fsp3) is 0.389. The van der Waals surface area contributed by atoms with Gasteiger partial charge in [-0.2, -0.15) is 4.98 Å². The number of hydrogen-bond acceptors (Lipinski definition) is 7. The lowest BCUT2D eigenvalue weighted by atomic mass is 10.0. The van der Waals surface area contributed by atoms with Gasteiger partial charge in [-0.3, -0.25) is 9.36 Å². The van der Waals surface area contributed by atoms with Crippen LogP contribution in [0.15, 0.2) is 41.3 Å². The molecule has 2 aliphatic heterocycles.